The number of fused-ring (bicyclic) bond motifs is 1. The van der Waals surface area contributed by atoms with E-state index >= 15 is 0 Å². The number of rotatable bonds is 1. The molecular formula is C15H14ClN3O3. The average molecular weight is 320 g/mol. The number of hydrogen-bond acceptors (Lipinski definition) is 4. The van der Waals surface area contributed by atoms with Crippen molar-refractivity contribution >= 4 is 22.6 Å². The largest absolute Gasteiger partial charge is 0.461 e. The van der Waals surface area contributed by atoms with Crippen molar-refractivity contribution in [2.45, 2.75) is 20.8 Å². The molecule has 0 N–H and O–H groups in total. The van der Waals surface area contributed by atoms with Gasteiger partial charge in [0.1, 0.15) is 11.3 Å². The van der Waals surface area contributed by atoms with Crippen LogP contribution in [-0.2, 0) is 7.05 Å². The summed E-state index contributed by atoms with van der Waals surface area (Å²) in [6.45, 7) is 5.31. The Morgan fingerprint density at radius 2 is 1.86 bits per heavy atom. The van der Waals surface area contributed by atoms with Crippen LogP contribution in [-0.4, -0.2) is 14.3 Å². The molecule has 0 spiro atoms. The lowest BCUT2D eigenvalue weighted by molar-refractivity contribution is 0.562. The Labute approximate surface area is 130 Å². The monoisotopic (exact) mass is 319 g/mol. The third-order valence-electron chi connectivity index (χ3n) is 3.67. The van der Waals surface area contributed by atoms with Gasteiger partial charge in [0.05, 0.1) is 11.1 Å². The van der Waals surface area contributed by atoms with E-state index < -0.39 is 0 Å². The Morgan fingerprint density at radius 1 is 1.18 bits per heavy atom. The van der Waals surface area contributed by atoms with E-state index in [4.69, 9.17) is 16.0 Å². The van der Waals surface area contributed by atoms with E-state index in [1.807, 2.05) is 6.92 Å². The summed E-state index contributed by atoms with van der Waals surface area (Å²) < 4.78 is 8.10. The molecule has 0 unspecified atom stereocenters. The zero-order valence-electron chi connectivity index (χ0n) is 12.6. The van der Waals surface area contributed by atoms with Crippen LogP contribution in [0.1, 0.15) is 16.9 Å². The predicted molar refractivity (Wildman–Crippen MR) is 84.1 cm³/mol. The SMILES string of the molecule is Cc1cc(=O)c2c(C)c(-n3c(Cl)nn(C)c3=O)cc(C)c2o1. The number of aromatic nitrogens is 3. The summed E-state index contributed by atoms with van der Waals surface area (Å²) in [5, 5.41) is 4.40. The summed E-state index contributed by atoms with van der Waals surface area (Å²) >= 11 is 6.05. The Bertz CT molecular complexity index is 1030. The van der Waals surface area contributed by atoms with Crippen molar-refractivity contribution in [3.63, 3.8) is 0 Å². The van der Waals surface area contributed by atoms with E-state index in [9.17, 15) is 9.59 Å². The summed E-state index contributed by atoms with van der Waals surface area (Å²) in [5.74, 6) is 0.546. The van der Waals surface area contributed by atoms with Gasteiger partial charge in [0.15, 0.2) is 5.43 Å². The molecule has 0 bridgehead atoms. The van der Waals surface area contributed by atoms with Gasteiger partial charge in [-0.1, -0.05) is 0 Å². The quantitative estimate of drug-likeness (QED) is 0.690. The molecule has 7 heteroatoms. The Hall–Kier alpha value is -2.34. The van der Waals surface area contributed by atoms with Crippen LogP contribution in [0.3, 0.4) is 0 Å². The van der Waals surface area contributed by atoms with Gasteiger partial charge in [-0.25, -0.2) is 14.0 Å². The van der Waals surface area contributed by atoms with Crippen molar-refractivity contribution < 1.29 is 4.42 Å². The molecule has 0 aliphatic heterocycles. The lowest BCUT2D eigenvalue weighted by Crippen LogP contribution is -2.22. The maximum atomic E-state index is 12.3. The van der Waals surface area contributed by atoms with Crippen LogP contribution < -0.4 is 11.1 Å². The van der Waals surface area contributed by atoms with Crippen LogP contribution in [0.4, 0.5) is 0 Å². The summed E-state index contributed by atoms with van der Waals surface area (Å²) in [7, 11) is 1.52. The smallest absolute Gasteiger partial charge is 0.351 e. The number of hydrogen-bond donors (Lipinski definition) is 0. The molecule has 0 saturated heterocycles. The molecule has 3 aromatic rings. The van der Waals surface area contributed by atoms with Gasteiger partial charge in [0, 0.05) is 13.1 Å². The van der Waals surface area contributed by atoms with Crippen molar-refractivity contribution in [2.24, 2.45) is 7.05 Å². The maximum Gasteiger partial charge on any atom is 0.351 e. The second kappa shape index (κ2) is 4.84. The van der Waals surface area contributed by atoms with Crippen LogP contribution in [0.15, 0.2) is 26.1 Å². The minimum absolute atomic E-state index is 0.0471. The molecule has 2 heterocycles. The van der Waals surface area contributed by atoms with E-state index in [-0.39, 0.29) is 16.4 Å². The fraction of sp³-hybridized carbons (Fsp3) is 0.267. The molecule has 2 aromatic heterocycles. The first-order valence-electron chi connectivity index (χ1n) is 6.68. The van der Waals surface area contributed by atoms with Crippen molar-refractivity contribution in [3.05, 3.63) is 55.0 Å². The zero-order chi connectivity index (χ0) is 16.2. The third-order valence-corrected chi connectivity index (χ3v) is 3.91. The third kappa shape index (κ3) is 1.99. The van der Waals surface area contributed by atoms with Crippen molar-refractivity contribution in [2.75, 3.05) is 0 Å². The van der Waals surface area contributed by atoms with Crippen molar-refractivity contribution in [3.8, 4) is 5.69 Å². The maximum absolute atomic E-state index is 12.3. The van der Waals surface area contributed by atoms with Gasteiger partial charge in [-0.3, -0.25) is 4.79 Å². The van der Waals surface area contributed by atoms with Crippen LogP contribution in [0.25, 0.3) is 16.7 Å². The average Bonchev–Trinajstić information content (AvgIpc) is 2.67. The lowest BCUT2D eigenvalue weighted by atomic mass is 10.0. The van der Waals surface area contributed by atoms with Crippen LogP contribution in [0.5, 0.6) is 0 Å². The van der Waals surface area contributed by atoms with Crippen molar-refractivity contribution in [1.82, 2.24) is 14.3 Å². The standard InChI is InChI=1S/C15H14ClN3O3/c1-7-5-10(19-14(16)17-18(4)15(19)21)9(3)12-11(20)6-8(2)22-13(7)12/h5-6H,1-4H3. The van der Waals surface area contributed by atoms with Crippen molar-refractivity contribution in [1.29, 1.82) is 0 Å². The molecule has 22 heavy (non-hydrogen) atoms. The van der Waals surface area contributed by atoms with Gasteiger partial charge in [-0.15, -0.1) is 5.10 Å². The molecule has 0 fully saturated rings. The van der Waals surface area contributed by atoms with E-state index in [0.29, 0.717) is 28.0 Å². The molecule has 0 aliphatic rings. The van der Waals surface area contributed by atoms with E-state index in [1.165, 1.54) is 17.7 Å². The number of aryl methyl sites for hydroxylation is 4. The van der Waals surface area contributed by atoms with Crippen LogP contribution in [0.2, 0.25) is 5.28 Å². The Morgan fingerprint density at radius 3 is 2.45 bits per heavy atom. The highest BCUT2D eigenvalue weighted by molar-refractivity contribution is 6.28. The summed E-state index contributed by atoms with van der Waals surface area (Å²) in [5.41, 5.74) is 1.93. The topological polar surface area (TPSA) is 70.0 Å². The first-order valence-corrected chi connectivity index (χ1v) is 7.05. The normalized spacial score (nSPS) is 11.3. The molecule has 114 valence electrons. The van der Waals surface area contributed by atoms with E-state index in [1.54, 1.807) is 19.9 Å². The molecule has 0 saturated carbocycles. The zero-order valence-corrected chi connectivity index (χ0v) is 13.4. The summed E-state index contributed by atoms with van der Waals surface area (Å²) in [6.07, 6.45) is 0. The van der Waals surface area contributed by atoms with Gasteiger partial charge < -0.3 is 4.42 Å². The Kier molecular flexibility index (Phi) is 3.21. The highest BCUT2D eigenvalue weighted by Crippen LogP contribution is 2.27. The second-order valence-electron chi connectivity index (χ2n) is 5.27. The second-order valence-corrected chi connectivity index (χ2v) is 5.61. The molecule has 0 radical (unpaired) electrons. The molecular weight excluding hydrogens is 306 g/mol. The number of nitrogens with zero attached hydrogens (tertiary/aromatic N) is 3. The molecule has 1 aromatic carbocycles. The minimum atomic E-state index is -0.372. The summed E-state index contributed by atoms with van der Waals surface area (Å²) in [6, 6.07) is 3.21. The highest BCUT2D eigenvalue weighted by Gasteiger charge is 2.18. The summed E-state index contributed by atoms with van der Waals surface area (Å²) in [4.78, 5) is 24.5. The molecule has 0 aliphatic carbocycles. The predicted octanol–water partition coefficient (Wildman–Crippen LogP) is 2.26. The van der Waals surface area contributed by atoms with E-state index in [0.717, 1.165) is 10.2 Å². The van der Waals surface area contributed by atoms with Gasteiger partial charge in [-0.2, -0.15) is 0 Å². The first-order chi connectivity index (χ1) is 10.3. The fourth-order valence-corrected chi connectivity index (χ4v) is 2.90. The van der Waals surface area contributed by atoms with Gasteiger partial charge in [0.2, 0.25) is 5.28 Å². The number of benzene rings is 1. The van der Waals surface area contributed by atoms with E-state index in [2.05, 4.69) is 5.10 Å². The number of halogens is 1. The molecule has 6 nitrogen and oxygen atoms in total. The lowest BCUT2D eigenvalue weighted by Gasteiger charge is -2.11. The molecule has 0 amide bonds. The van der Waals surface area contributed by atoms with Crippen LogP contribution >= 0.6 is 11.6 Å². The highest BCUT2D eigenvalue weighted by atomic mass is 35.5. The molecule has 0 atom stereocenters. The van der Waals surface area contributed by atoms with Gasteiger partial charge in [0.25, 0.3) is 0 Å². The Balaban J connectivity index is 2.50. The fourth-order valence-electron chi connectivity index (χ4n) is 2.62. The minimum Gasteiger partial charge on any atom is -0.461 e. The van der Waals surface area contributed by atoms with Gasteiger partial charge >= 0.3 is 5.69 Å². The van der Waals surface area contributed by atoms with Gasteiger partial charge in [-0.05, 0) is 49.6 Å². The van der Waals surface area contributed by atoms with Crippen LogP contribution in [0, 0.1) is 20.8 Å². The molecule has 3 rings (SSSR count). The first kappa shape index (κ1) is 14.6.